The van der Waals surface area contributed by atoms with Crippen molar-refractivity contribution in [2.75, 3.05) is 0 Å². The fourth-order valence-corrected chi connectivity index (χ4v) is 4.56. The van der Waals surface area contributed by atoms with E-state index < -0.39 is 0 Å². The summed E-state index contributed by atoms with van der Waals surface area (Å²) in [5, 5.41) is 0. The Morgan fingerprint density at radius 1 is 0.649 bits per heavy atom. The number of allylic oxidation sites excluding steroid dienone is 2. The van der Waals surface area contributed by atoms with Gasteiger partial charge in [-0.15, -0.1) is 42.8 Å². The third kappa shape index (κ3) is 9.65. The Balaban J connectivity index is 0.000000187. The van der Waals surface area contributed by atoms with Crippen molar-refractivity contribution in [3.63, 3.8) is 0 Å². The largest absolute Gasteiger partial charge is 4.00 e. The Morgan fingerprint density at radius 3 is 1.49 bits per heavy atom. The molecule has 0 spiro atoms. The summed E-state index contributed by atoms with van der Waals surface area (Å²) < 4.78 is 0. The maximum Gasteiger partial charge on any atom is 4.00 e. The molecule has 4 aromatic carbocycles. The van der Waals surface area contributed by atoms with Crippen molar-refractivity contribution in [1.29, 1.82) is 0 Å². The van der Waals surface area contributed by atoms with Crippen molar-refractivity contribution >= 4 is 5.57 Å². The molecule has 0 heterocycles. The normalized spacial score (nSPS) is 14.4. The second-order valence-corrected chi connectivity index (χ2v) is 9.04. The SMILES string of the molecule is CCC1C2=C(CCC[CH-]2)c2ccccc21.[CH2-]c1ccccc1.[CH2-]c1ccccc1.[CH2-]c1ccccc1.[Ti+4]. The quantitative estimate of drug-likeness (QED) is 0.174. The molecule has 1 unspecified atom stereocenters. The van der Waals surface area contributed by atoms with E-state index in [4.69, 9.17) is 0 Å². The molecule has 0 amide bonds. The smallest absolute Gasteiger partial charge is 0.226 e. The second-order valence-electron chi connectivity index (χ2n) is 9.04. The molecule has 0 saturated heterocycles. The van der Waals surface area contributed by atoms with Gasteiger partial charge in [-0.2, -0.15) is 79.4 Å². The zero-order chi connectivity index (χ0) is 25.6. The molecule has 2 aliphatic rings. The molecule has 6 rings (SSSR count). The first-order chi connectivity index (χ1) is 17.6. The molecule has 186 valence electrons. The van der Waals surface area contributed by atoms with Crippen LogP contribution in [0.2, 0.25) is 0 Å². The van der Waals surface area contributed by atoms with Gasteiger partial charge in [0.1, 0.15) is 0 Å². The average molecular weight is 519 g/mol. The van der Waals surface area contributed by atoms with E-state index in [0.29, 0.717) is 5.92 Å². The summed E-state index contributed by atoms with van der Waals surface area (Å²) in [5.41, 5.74) is 9.61. The predicted octanol–water partition coefficient (Wildman–Crippen LogP) is 9.94. The van der Waals surface area contributed by atoms with Crippen molar-refractivity contribution in [2.45, 2.75) is 38.5 Å². The van der Waals surface area contributed by atoms with Gasteiger partial charge < -0.3 is 0 Å². The minimum absolute atomic E-state index is 0. The van der Waals surface area contributed by atoms with E-state index in [2.05, 4.69) is 58.4 Å². The van der Waals surface area contributed by atoms with Crippen molar-refractivity contribution in [1.82, 2.24) is 0 Å². The summed E-state index contributed by atoms with van der Waals surface area (Å²) in [5.74, 6) is 0.691. The molecule has 2 aliphatic carbocycles. The molecule has 0 N–H and O–H groups in total. The first kappa shape index (κ1) is 30.0. The first-order valence-corrected chi connectivity index (χ1v) is 12.9. The Morgan fingerprint density at radius 2 is 1.08 bits per heavy atom. The third-order valence-corrected chi connectivity index (χ3v) is 6.32. The minimum atomic E-state index is 0. The summed E-state index contributed by atoms with van der Waals surface area (Å²) in [6.07, 6.45) is 7.63. The van der Waals surface area contributed by atoms with Gasteiger partial charge in [0.2, 0.25) is 0 Å². The van der Waals surface area contributed by atoms with Crippen LogP contribution in [0.5, 0.6) is 0 Å². The standard InChI is InChI=1S/C15H17.3C7H7.Ti/c1-2-11-12-7-3-5-9-14(12)15-10-6-4-8-13(11)15;3*1-7-5-3-2-4-6-7;/h3,5,7-9,11H,2,4,6,10H2,1H3;3*2-6H,1H2;/q4*-1;+4. The van der Waals surface area contributed by atoms with Crippen molar-refractivity contribution < 1.29 is 21.7 Å². The number of rotatable bonds is 1. The molecule has 1 atom stereocenters. The summed E-state index contributed by atoms with van der Waals surface area (Å²) in [6.45, 7) is 13.5. The Hall–Kier alpha value is -3.19. The summed E-state index contributed by atoms with van der Waals surface area (Å²) >= 11 is 0. The average Bonchev–Trinajstić information content (AvgIpc) is 3.25. The topological polar surface area (TPSA) is 0 Å². The predicted molar refractivity (Wildman–Crippen MR) is 157 cm³/mol. The van der Waals surface area contributed by atoms with Gasteiger partial charge in [0.05, 0.1) is 0 Å². The molecule has 0 saturated carbocycles. The van der Waals surface area contributed by atoms with Gasteiger partial charge in [0.15, 0.2) is 0 Å². The van der Waals surface area contributed by atoms with E-state index in [1.54, 1.807) is 16.7 Å². The number of benzene rings is 4. The molecule has 1 heteroatoms. The van der Waals surface area contributed by atoms with Crippen LogP contribution in [0.4, 0.5) is 0 Å². The number of hydrogen-bond donors (Lipinski definition) is 0. The third-order valence-electron chi connectivity index (χ3n) is 6.32. The summed E-state index contributed by atoms with van der Waals surface area (Å²) in [7, 11) is 0. The van der Waals surface area contributed by atoms with E-state index in [0.717, 1.165) is 16.7 Å². The van der Waals surface area contributed by atoms with E-state index >= 15 is 0 Å². The minimum Gasteiger partial charge on any atom is -0.226 e. The molecule has 37 heavy (non-hydrogen) atoms. The van der Waals surface area contributed by atoms with E-state index in [-0.39, 0.29) is 21.7 Å². The monoisotopic (exact) mass is 518 g/mol. The van der Waals surface area contributed by atoms with Crippen molar-refractivity contribution in [3.8, 4) is 0 Å². The maximum absolute atomic E-state index is 3.72. The van der Waals surface area contributed by atoms with Gasteiger partial charge in [0, 0.05) is 0 Å². The molecule has 0 nitrogen and oxygen atoms in total. The first-order valence-electron chi connectivity index (χ1n) is 12.9. The fourth-order valence-electron chi connectivity index (χ4n) is 4.56. The van der Waals surface area contributed by atoms with Crippen LogP contribution in [0.25, 0.3) is 5.57 Å². The second kappa shape index (κ2) is 16.5. The molecule has 0 bridgehead atoms. The summed E-state index contributed by atoms with van der Waals surface area (Å²) in [6, 6.07) is 38.6. The molecule has 0 aromatic heterocycles. The fraction of sp³-hybridized carbons (Fsp3) is 0.167. The molecular weight excluding hydrogens is 480 g/mol. The van der Waals surface area contributed by atoms with E-state index in [1.807, 2.05) is 91.0 Å². The number of fused-ring (bicyclic) bond motifs is 2. The molecule has 0 aliphatic heterocycles. The van der Waals surface area contributed by atoms with Crippen LogP contribution in [0, 0.1) is 27.2 Å². The molecule has 4 aromatic rings. The van der Waals surface area contributed by atoms with E-state index in [1.165, 1.54) is 31.2 Å². The zero-order valence-corrected chi connectivity index (χ0v) is 23.6. The van der Waals surface area contributed by atoms with Gasteiger partial charge in [0.25, 0.3) is 0 Å². The van der Waals surface area contributed by atoms with E-state index in [9.17, 15) is 0 Å². The molecular formula is C36H38Ti. The van der Waals surface area contributed by atoms with Gasteiger partial charge in [-0.25, -0.2) is 12.0 Å². The van der Waals surface area contributed by atoms with Crippen LogP contribution >= 0.6 is 0 Å². The Bertz CT molecular complexity index is 1090. The maximum atomic E-state index is 3.72. The van der Waals surface area contributed by atoms with Crippen LogP contribution in [-0.4, -0.2) is 0 Å². The van der Waals surface area contributed by atoms with Crippen LogP contribution in [-0.2, 0) is 21.7 Å². The van der Waals surface area contributed by atoms with Crippen LogP contribution in [0.1, 0.15) is 66.3 Å². The van der Waals surface area contributed by atoms with Gasteiger partial charge in [-0.1, -0.05) is 73.4 Å². The van der Waals surface area contributed by atoms with Gasteiger partial charge >= 0.3 is 21.7 Å². The molecule has 0 radical (unpaired) electrons. The Labute approximate surface area is 240 Å². The van der Waals surface area contributed by atoms with Gasteiger partial charge in [-0.05, 0) is 12.3 Å². The van der Waals surface area contributed by atoms with Gasteiger partial charge in [-0.3, -0.25) is 0 Å². The van der Waals surface area contributed by atoms with Crippen molar-refractivity contribution in [2.24, 2.45) is 0 Å². The van der Waals surface area contributed by atoms with Crippen molar-refractivity contribution in [3.05, 3.63) is 176 Å². The summed E-state index contributed by atoms with van der Waals surface area (Å²) in [4.78, 5) is 0. The zero-order valence-electron chi connectivity index (χ0n) is 22.1. The molecule has 0 fully saturated rings. The van der Waals surface area contributed by atoms with Crippen LogP contribution < -0.4 is 0 Å². The Kier molecular flexibility index (Phi) is 13.4. The van der Waals surface area contributed by atoms with Crippen LogP contribution in [0.15, 0.2) is 121 Å². The number of hydrogen-bond acceptors (Lipinski definition) is 0. The van der Waals surface area contributed by atoms with Crippen LogP contribution in [0.3, 0.4) is 0 Å².